The first kappa shape index (κ1) is 16.4. The number of hydrogen-bond donors (Lipinski definition) is 2. The smallest absolute Gasteiger partial charge is 0.241 e. The average molecular weight is 312 g/mol. The summed E-state index contributed by atoms with van der Waals surface area (Å²) in [7, 11) is -3.51. The van der Waals surface area contributed by atoms with Crippen LogP contribution in [0.1, 0.15) is 32.3 Å². The van der Waals surface area contributed by atoms with Gasteiger partial charge in [0.15, 0.2) is 0 Å². The molecule has 1 heterocycles. The zero-order valence-electron chi connectivity index (χ0n) is 12.6. The lowest BCUT2D eigenvalue weighted by Gasteiger charge is -2.18. The summed E-state index contributed by atoms with van der Waals surface area (Å²) in [5.74, 6) is 0. The Hall–Kier alpha value is -0.950. The van der Waals surface area contributed by atoms with E-state index in [-0.39, 0.29) is 12.1 Å². The van der Waals surface area contributed by atoms with E-state index in [0.717, 1.165) is 24.9 Å². The molecule has 21 heavy (non-hydrogen) atoms. The van der Waals surface area contributed by atoms with Crippen LogP contribution < -0.4 is 10.0 Å². The summed E-state index contributed by atoms with van der Waals surface area (Å²) in [6, 6.07) is 6.99. The summed E-state index contributed by atoms with van der Waals surface area (Å²) in [5, 5.41) is 3.25. The molecule has 0 aromatic heterocycles. The van der Waals surface area contributed by atoms with Crippen LogP contribution in [0.2, 0.25) is 0 Å². The molecule has 0 spiro atoms. The molecule has 1 saturated heterocycles. The Bertz CT molecular complexity index is 560. The normalized spacial score (nSPS) is 22.6. The first-order valence-electron chi connectivity index (χ1n) is 7.47. The highest BCUT2D eigenvalue weighted by Gasteiger charge is 2.30. The van der Waals surface area contributed by atoms with Crippen LogP contribution in [0.5, 0.6) is 0 Å². The second-order valence-electron chi connectivity index (χ2n) is 5.38. The van der Waals surface area contributed by atoms with Crippen LogP contribution in [0.3, 0.4) is 0 Å². The van der Waals surface area contributed by atoms with Crippen molar-refractivity contribution in [1.29, 1.82) is 0 Å². The van der Waals surface area contributed by atoms with Crippen molar-refractivity contribution in [3.05, 3.63) is 29.8 Å². The fourth-order valence-electron chi connectivity index (χ4n) is 2.46. The molecule has 2 rings (SSSR count). The van der Waals surface area contributed by atoms with Gasteiger partial charge in [0, 0.05) is 13.2 Å². The van der Waals surface area contributed by atoms with Gasteiger partial charge in [0.05, 0.1) is 17.0 Å². The third-order valence-corrected chi connectivity index (χ3v) is 5.28. The summed E-state index contributed by atoms with van der Waals surface area (Å²) in [5.41, 5.74) is 0.796. The predicted octanol–water partition coefficient (Wildman–Crippen LogP) is 1.64. The van der Waals surface area contributed by atoms with Crippen molar-refractivity contribution in [1.82, 2.24) is 10.0 Å². The lowest BCUT2D eigenvalue weighted by atomic mass is 10.2. The SMILES string of the molecule is CCCNCc1ccccc1S(=O)(=O)NC1CCOC1C. The van der Waals surface area contributed by atoms with E-state index in [4.69, 9.17) is 4.74 Å². The van der Waals surface area contributed by atoms with Crippen LogP contribution in [0.4, 0.5) is 0 Å². The maximum Gasteiger partial charge on any atom is 0.241 e. The molecular formula is C15H24N2O3S. The van der Waals surface area contributed by atoms with Gasteiger partial charge in [-0.15, -0.1) is 0 Å². The highest BCUT2D eigenvalue weighted by Crippen LogP contribution is 2.19. The van der Waals surface area contributed by atoms with Gasteiger partial charge in [-0.1, -0.05) is 25.1 Å². The molecular weight excluding hydrogens is 288 g/mol. The van der Waals surface area contributed by atoms with Crippen LogP contribution in [0.25, 0.3) is 0 Å². The van der Waals surface area contributed by atoms with Gasteiger partial charge in [-0.2, -0.15) is 0 Å². The van der Waals surface area contributed by atoms with Crippen LogP contribution in [0, 0.1) is 0 Å². The van der Waals surface area contributed by atoms with Gasteiger partial charge in [0.25, 0.3) is 0 Å². The molecule has 2 unspecified atom stereocenters. The van der Waals surface area contributed by atoms with E-state index in [0.29, 0.717) is 18.0 Å². The average Bonchev–Trinajstić information content (AvgIpc) is 2.84. The largest absolute Gasteiger partial charge is 0.377 e. The second kappa shape index (κ2) is 7.35. The number of hydrogen-bond acceptors (Lipinski definition) is 4. The molecule has 0 radical (unpaired) electrons. The van der Waals surface area contributed by atoms with E-state index in [9.17, 15) is 8.42 Å². The molecule has 1 aromatic carbocycles. The number of sulfonamides is 1. The van der Waals surface area contributed by atoms with Crippen LogP contribution >= 0.6 is 0 Å². The zero-order valence-corrected chi connectivity index (χ0v) is 13.4. The van der Waals surface area contributed by atoms with Gasteiger partial charge < -0.3 is 10.1 Å². The Balaban J connectivity index is 2.15. The minimum absolute atomic E-state index is 0.0786. The Kier molecular flexibility index (Phi) is 5.75. The highest BCUT2D eigenvalue weighted by molar-refractivity contribution is 7.89. The van der Waals surface area contributed by atoms with Gasteiger partial charge in [0.2, 0.25) is 10.0 Å². The van der Waals surface area contributed by atoms with E-state index in [1.807, 2.05) is 19.1 Å². The molecule has 1 aromatic rings. The molecule has 6 heteroatoms. The van der Waals surface area contributed by atoms with Gasteiger partial charge in [-0.05, 0) is 37.9 Å². The maximum atomic E-state index is 12.6. The fourth-order valence-corrected chi connectivity index (χ4v) is 4.04. The quantitative estimate of drug-likeness (QED) is 0.751. The first-order chi connectivity index (χ1) is 10.0. The highest BCUT2D eigenvalue weighted by atomic mass is 32.2. The van der Waals surface area contributed by atoms with Crippen molar-refractivity contribution in [3.8, 4) is 0 Å². The molecule has 0 bridgehead atoms. The van der Waals surface area contributed by atoms with Crippen molar-refractivity contribution < 1.29 is 13.2 Å². The summed E-state index contributed by atoms with van der Waals surface area (Å²) < 4.78 is 33.4. The summed E-state index contributed by atoms with van der Waals surface area (Å²) in [6.45, 7) is 6.01. The Morgan fingerprint density at radius 3 is 2.76 bits per heavy atom. The number of nitrogens with one attached hydrogen (secondary N) is 2. The first-order valence-corrected chi connectivity index (χ1v) is 8.95. The van der Waals surface area contributed by atoms with Crippen LogP contribution in [0.15, 0.2) is 29.2 Å². The van der Waals surface area contributed by atoms with Crippen molar-refractivity contribution in [2.24, 2.45) is 0 Å². The summed E-state index contributed by atoms with van der Waals surface area (Å²) in [4.78, 5) is 0.354. The number of rotatable bonds is 7. The van der Waals surface area contributed by atoms with E-state index in [1.54, 1.807) is 12.1 Å². The van der Waals surface area contributed by atoms with Gasteiger partial charge in [0.1, 0.15) is 0 Å². The molecule has 1 aliphatic heterocycles. The third kappa shape index (κ3) is 4.26. The molecule has 2 N–H and O–H groups in total. The Morgan fingerprint density at radius 1 is 1.33 bits per heavy atom. The maximum absolute atomic E-state index is 12.6. The van der Waals surface area contributed by atoms with Crippen molar-refractivity contribution in [3.63, 3.8) is 0 Å². The predicted molar refractivity (Wildman–Crippen MR) is 82.6 cm³/mol. The second-order valence-corrected chi connectivity index (χ2v) is 7.06. The number of ether oxygens (including phenoxy) is 1. The van der Waals surface area contributed by atoms with E-state index >= 15 is 0 Å². The van der Waals surface area contributed by atoms with Crippen molar-refractivity contribution >= 4 is 10.0 Å². The third-order valence-electron chi connectivity index (χ3n) is 3.69. The lowest BCUT2D eigenvalue weighted by Crippen LogP contribution is -2.39. The molecule has 1 fully saturated rings. The molecule has 118 valence electrons. The molecule has 5 nitrogen and oxygen atoms in total. The number of benzene rings is 1. The zero-order chi connectivity index (χ0) is 15.3. The van der Waals surface area contributed by atoms with Crippen molar-refractivity contribution in [2.75, 3.05) is 13.2 Å². The topological polar surface area (TPSA) is 67.4 Å². The standard InChI is InChI=1S/C15H24N2O3S/c1-3-9-16-11-13-6-4-5-7-15(13)21(18,19)17-14-8-10-20-12(14)2/h4-7,12,14,16-17H,3,8-11H2,1-2H3. The summed E-state index contributed by atoms with van der Waals surface area (Å²) in [6.07, 6.45) is 1.66. The summed E-state index contributed by atoms with van der Waals surface area (Å²) >= 11 is 0. The van der Waals surface area contributed by atoms with Gasteiger partial charge in [-0.3, -0.25) is 0 Å². The molecule has 0 saturated carbocycles. The van der Waals surface area contributed by atoms with E-state index in [2.05, 4.69) is 17.0 Å². The minimum atomic E-state index is -3.51. The van der Waals surface area contributed by atoms with Gasteiger partial charge in [-0.25, -0.2) is 13.1 Å². The van der Waals surface area contributed by atoms with E-state index in [1.165, 1.54) is 0 Å². The Labute approximate surface area is 127 Å². The molecule has 2 atom stereocenters. The minimum Gasteiger partial charge on any atom is -0.377 e. The lowest BCUT2D eigenvalue weighted by molar-refractivity contribution is 0.117. The molecule has 1 aliphatic rings. The van der Waals surface area contributed by atoms with Crippen LogP contribution in [-0.2, 0) is 21.3 Å². The molecule has 0 amide bonds. The van der Waals surface area contributed by atoms with Crippen molar-refractivity contribution in [2.45, 2.75) is 50.3 Å². The van der Waals surface area contributed by atoms with Gasteiger partial charge >= 0.3 is 0 Å². The molecule has 0 aliphatic carbocycles. The monoisotopic (exact) mass is 312 g/mol. The fraction of sp³-hybridized carbons (Fsp3) is 0.600. The Morgan fingerprint density at radius 2 is 2.10 bits per heavy atom. The van der Waals surface area contributed by atoms with Crippen LogP contribution in [-0.4, -0.2) is 33.7 Å². The van der Waals surface area contributed by atoms with E-state index < -0.39 is 10.0 Å².